The topological polar surface area (TPSA) is 59.9 Å². The van der Waals surface area contributed by atoms with Gasteiger partial charge in [-0.1, -0.05) is 33.3 Å². The fourth-order valence-electron chi connectivity index (χ4n) is 7.93. The molecule has 1 heterocycles. The smallest absolute Gasteiger partial charge is 0.146 e. The number of fused-ring (bicyclic) bond motifs is 5. The molecule has 4 aliphatic rings. The lowest BCUT2D eigenvalue weighted by atomic mass is 9.42. The molecule has 0 spiro atoms. The first kappa shape index (κ1) is 19.1. The standard InChI is InChI=1S/C25H32N2O2/c1-4-15-11-16-12-17(28)13-22(29)25(16,3)20-7-9-24(2)18(5-6-19(24)23(15)20)21-8-10-26-14-27-21/h5,8,10,14-16,19-20,23H,4,6-7,9,11-13H2,1-3H3/t15?,16?,19-,20+,23-,24+,25-/m0/s1. The van der Waals surface area contributed by atoms with E-state index in [0.717, 1.165) is 37.8 Å². The summed E-state index contributed by atoms with van der Waals surface area (Å²) in [5.74, 6) is 2.81. The zero-order valence-corrected chi connectivity index (χ0v) is 17.9. The number of hydrogen-bond acceptors (Lipinski definition) is 4. The van der Waals surface area contributed by atoms with Gasteiger partial charge in [0.2, 0.25) is 0 Å². The highest BCUT2D eigenvalue weighted by atomic mass is 16.2. The molecule has 4 aliphatic carbocycles. The van der Waals surface area contributed by atoms with Crippen molar-refractivity contribution in [1.29, 1.82) is 0 Å². The maximum atomic E-state index is 13.2. The summed E-state index contributed by atoms with van der Waals surface area (Å²) < 4.78 is 0. The first-order valence-electron chi connectivity index (χ1n) is 11.4. The van der Waals surface area contributed by atoms with Gasteiger partial charge in [-0.25, -0.2) is 9.97 Å². The number of carbonyl (C=O) groups is 2. The monoisotopic (exact) mass is 392 g/mol. The molecule has 0 saturated heterocycles. The highest BCUT2D eigenvalue weighted by Crippen LogP contribution is 2.68. The Morgan fingerprint density at radius 1 is 1.21 bits per heavy atom. The van der Waals surface area contributed by atoms with Crippen LogP contribution in [0.2, 0.25) is 0 Å². The zero-order valence-electron chi connectivity index (χ0n) is 17.9. The molecule has 7 atom stereocenters. The van der Waals surface area contributed by atoms with Gasteiger partial charge in [-0.3, -0.25) is 9.59 Å². The van der Waals surface area contributed by atoms with Crippen molar-refractivity contribution >= 4 is 17.1 Å². The molecule has 1 aromatic rings. The van der Waals surface area contributed by atoms with E-state index in [1.165, 1.54) is 5.57 Å². The van der Waals surface area contributed by atoms with Crippen LogP contribution in [-0.4, -0.2) is 21.5 Å². The van der Waals surface area contributed by atoms with Crippen LogP contribution in [0.15, 0.2) is 24.7 Å². The van der Waals surface area contributed by atoms with Crippen molar-refractivity contribution in [2.45, 2.75) is 65.7 Å². The van der Waals surface area contributed by atoms with E-state index in [-0.39, 0.29) is 34.7 Å². The molecule has 4 heteroatoms. The van der Waals surface area contributed by atoms with Crippen LogP contribution in [0.4, 0.5) is 0 Å². The highest BCUT2D eigenvalue weighted by Gasteiger charge is 2.63. The first-order chi connectivity index (χ1) is 13.9. The molecule has 2 unspecified atom stereocenters. The molecule has 29 heavy (non-hydrogen) atoms. The molecule has 0 amide bonds. The zero-order chi connectivity index (χ0) is 20.4. The Balaban J connectivity index is 1.53. The lowest BCUT2D eigenvalue weighted by Crippen LogP contribution is -2.59. The SMILES string of the molecule is CCC1CC2CC(=O)CC(=O)[C@]2(C)[C@@H]2CC[C@]3(C)C(c4ccncn4)=CC[C@H]3[C@H]12. The maximum Gasteiger partial charge on any atom is 0.146 e. The summed E-state index contributed by atoms with van der Waals surface area (Å²) in [5, 5.41) is 0. The molecule has 5 rings (SSSR count). The van der Waals surface area contributed by atoms with E-state index in [1.54, 1.807) is 6.33 Å². The summed E-state index contributed by atoms with van der Waals surface area (Å²) in [6.45, 7) is 6.95. The molecule has 3 saturated carbocycles. The summed E-state index contributed by atoms with van der Waals surface area (Å²) in [4.78, 5) is 34.1. The third-order valence-corrected chi connectivity index (χ3v) is 9.48. The van der Waals surface area contributed by atoms with Crippen LogP contribution in [0, 0.1) is 40.4 Å². The fraction of sp³-hybridized carbons (Fsp3) is 0.680. The van der Waals surface area contributed by atoms with E-state index in [9.17, 15) is 9.59 Å². The van der Waals surface area contributed by atoms with Crippen molar-refractivity contribution in [2.24, 2.45) is 40.4 Å². The summed E-state index contributed by atoms with van der Waals surface area (Å²) >= 11 is 0. The van der Waals surface area contributed by atoms with Gasteiger partial charge in [-0.05, 0) is 72.3 Å². The van der Waals surface area contributed by atoms with Gasteiger partial charge in [0.15, 0.2) is 0 Å². The summed E-state index contributed by atoms with van der Waals surface area (Å²) in [6.07, 6.45) is 12.2. The maximum absolute atomic E-state index is 13.2. The molecule has 154 valence electrons. The minimum atomic E-state index is -0.302. The van der Waals surface area contributed by atoms with Gasteiger partial charge in [0, 0.05) is 18.0 Å². The van der Waals surface area contributed by atoms with E-state index < -0.39 is 0 Å². The van der Waals surface area contributed by atoms with Gasteiger partial charge < -0.3 is 0 Å². The van der Waals surface area contributed by atoms with Crippen LogP contribution >= 0.6 is 0 Å². The van der Waals surface area contributed by atoms with Crippen molar-refractivity contribution in [2.75, 3.05) is 0 Å². The Kier molecular flexibility index (Phi) is 4.34. The largest absolute Gasteiger partial charge is 0.299 e. The van der Waals surface area contributed by atoms with Gasteiger partial charge in [0.25, 0.3) is 0 Å². The molecule has 3 fully saturated rings. The number of Topliss-reactive ketones (excluding diaryl/α,β-unsaturated/α-hetero) is 2. The van der Waals surface area contributed by atoms with Crippen LogP contribution < -0.4 is 0 Å². The fourth-order valence-corrected chi connectivity index (χ4v) is 7.93. The van der Waals surface area contributed by atoms with E-state index in [0.29, 0.717) is 30.1 Å². The second-order valence-corrected chi connectivity index (χ2v) is 10.4. The second kappa shape index (κ2) is 6.58. The Labute approximate surface area is 173 Å². The first-order valence-corrected chi connectivity index (χ1v) is 11.4. The average molecular weight is 393 g/mol. The Hall–Kier alpha value is -1.84. The Morgan fingerprint density at radius 3 is 2.76 bits per heavy atom. The molecule has 1 aromatic heterocycles. The molecule has 0 bridgehead atoms. The van der Waals surface area contributed by atoms with Crippen molar-refractivity contribution in [1.82, 2.24) is 9.97 Å². The van der Waals surface area contributed by atoms with E-state index >= 15 is 0 Å². The normalized spacial score (nSPS) is 44.0. The van der Waals surface area contributed by atoms with Crippen LogP contribution in [-0.2, 0) is 9.59 Å². The van der Waals surface area contributed by atoms with Gasteiger partial charge in [-0.2, -0.15) is 0 Å². The van der Waals surface area contributed by atoms with Crippen molar-refractivity contribution in [3.8, 4) is 0 Å². The van der Waals surface area contributed by atoms with Crippen LogP contribution in [0.1, 0.15) is 71.4 Å². The molecular formula is C25H32N2O2. The molecule has 0 radical (unpaired) electrons. The van der Waals surface area contributed by atoms with Gasteiger partial charge in [0.05, 0.1) is 12.1 Å². The summed E-state index contributed by atoms with van der Waals surface area (Å²) in [7, 11) is 0. The highest BCUT2D eigenvalue weighted by molar-refractivity contribution is 6.04. The van der Waals surface area contributed by atoms with Crippen molar-refractivity contribution < 1.29 is 9.59 Å². The molecule has 4 nitrogen and oxygen atoms in total. The predicted molar refractivity (Wildman–Crippen MR) is 112 cm³/mol. The number of allylic oxidation sites excluding steroid dienone is 2. The summed E-state index contributed by atoms with van der Waals surface area (Å²) in [6, 6.07) is 2.04. The Bertz CT molecular complexity index is 878. The van der Waals surface area contributed by atoms with Gasteiger partial charge in [-0.15, -0.1) is 0 Å². The van der Waals surface area contributed by atoms with Crippen LogP contribution in [0.25, 0.3) is 5.57 Å². The molecule has 0 aromatic carbocycles. The van der Waals surface area contributed by atoms with E-state index in [2.05, 4.69) is 36.8 Å². The van der Waals surface area contributed by atoms with Crippen LogP contribution in [0.3, 0.4) is 0 Å². The van der Waals surface area contributed by atoms with Gasteiger partial charge >= 0.3 is 0 Å². The predicted octanol–water partition coefficient (Wildman–Crippen LogP) is 4.90. The average Bonchev–Trinajstić information content (AvgIpc) is 3.06. The second-order valence-electron chi connectivity index (χ2n) is 10.4. The minimum Gasteiger partial charge on any atom is -0.299 e. The number of hydrogen-bond donors (Lipinski definition) is 0. The number of aromatic nitrogens is 2. The number of rotatable bonds is 2. The minimum absolute atomic E-state index is 0.125. The van der Waals surface area contributed by atoms with E-state index in [4.69, 9.17) is 0 Å². The van der Waals surface area contributed by atoms with Crippen molar-refractivity contribution in [3.05, 3.63) is 30.4 Å². The quantitative estimate of drug-likeness (QED) is 0.672. The molecular weight excluding hydrogens is 360 g/mol. The molecule has 0 N–H and O–H groups in total. The lowest BCUT2D eigenvalue weighted by molar-refractivity contribution is -0.164. The number of carbonyl (C=O) groups excluding carboxylic acids is 2. The lowest BCUT2D eigenvalue weighted by Gasteiger charge is -2.61. The number of nitrogens with zero attached hydrogens (tertiary/aromatic N) is 2. The Morgan fingerprint density at radius 2 is 2.03 bits per heavy atom. The third kappa shape index (κ3) is 2.56. The third-order valence-electron chi connectivity index (χ3n) is 9.48. The number of ketones is 2. The van der Waals surface area contributed by atoms with E-state index in [1.807, 2.05) is 12.3 Å². The van der Waals surface area contributed by atoms with Crippen LogP contribution in [0.5, 0.6) is 0 Å². The van der Waals surface area contributed by atoms with Crippen molar-refractivity contribution in [3.63, 3.8) is 0 Å². The molecule has 0 aliphatic heterocycles. The summed E-state index contributed by atoms with van der Waals surface area (Å²) in [5.41, 5.74) is 2.27. The van der Waals surface area contributed by atoms with Gasteiger partial charge in [0.1, 0.15) is 17.9 Å².